The molecule has 1 aliphatic carbocycles. The average molecular weight is 214 g/mol. The van der Waals surface area contributed by atoms with Crippen LogP contribution in [0.1, 0.15) is 12.8 Å². The van der Waals surface area contributed by atoms with Crippen LogP contribution in [0.4, 0.5) is 0 Å². The van der Waals surface area contributed by atoms with E-state index in [9.17, 15) is 4.79 Å². The van der Waals surface area contributed by atoms with Crippen LogP contribution in [0.2, 0.25) is 0 Å². The number of thiophene rings is 1. The zero-order valence-corrected chi connectivity index (χ0v) is 8.91. The first-order valence-corrected chi connectivity index (χ1v) is 5.77. The number of ether oxygens (including phenoxy) is 1. The number of carbonyl (C=O) groups excluding carboxylic acids is 1. The summed E-state index contributed by atoms with van der Waals surface area (Å²) in [5.74, 6) is -0.0779. The van der Waals surface area contributed by atoms with Gasteiger partial charge in [0.15, 0.2) is 0 Å². The molecular weight excluding hydrogens is 204 g/mol. The lowest BCUT2D eigenvalue weighted by atomic mass is 10.4. The van der Waals surface area contributed by atoms with Crippen LogP contribution in [0.15, 0.2) is 21.7 Å². The lowest BCUT2D eigenvalue weighted by Gasteiger charge is -2.09. The summed E-state index contributed by atoms with van der Waals surface area (Å²) in [6.07, 6.45) is 1.89. The molecule has 1 aliphatic rings. The molecule has 0 amide bonds. The van der Waals surface area contributed by atoms with Crippen molar-refractivity contribution in [3.63, 3.8) is 0 Å². The molecule has 13 heavy (non-hydrogen) atoms. The first-order valence-electron chi connectivity index (χ1n) is 4.08. The van der Waals surface area contributed by atoms with Crippen molar-refractivity contribution in [3.05, 3.63) is 17.5 Å². The van der Waals surface area contributed by atoms with E-state index in [1.807, 2.05) is 17.5 Å². The van der Waals surface area contributed by atoms with E-state index in [1.165, 1.54) is 11.3 Å². The molecule has 2 rings (SSSR count). The van der Waals surface area contributed by atoms with Crippen molar-refractivity contribution in [2.75, 3.05) is 7.11 Å². The standard InChI is InChI=1S/C9H10O2S2/c1-11-8(10)9(4-5-9)13-7-3-2-6-12-7/h2-3,6H,4-5H2,1H3. The number of hydrogen-bond acceptors (Lipinski definition) is 4. The Labute approximate surface area is 85.3 Å². The fourth-order valence-electron chi connectivity index (χ4n) is 1.16. The fraction of sp³-hybridized carbons (Fsp3) is 0.444. The molecule has 0 aromatic carbocycles. The van der Waals surface area contributed by atoms with Crippen LogP contribution in [0.5, 0.6) is 0 Å². The van der Waals surface area contributed by atoms with Gasteiger partial charge in [-0.2, -0.15) is 0 Å². The van der Waals surface area contributed by atoms with Crippen LogP contribution >= 0.6 is 23.1 Å². The third-order valence-electron chi connectivity index (χ3n) is 2.05. The Hall–Kier alpha value is -0.480. The molecule has 0 saturated heterocycles. The van der Waals surface area contributed by atoms with Crippen LogP contribution in [-0.2, 0) is 9.53 Å². The fourth-order valence-corrected chi connectivity index (χ4v) is 3.45. The van der Waals surface area contributed by atoms with Crippen molar-refractivity contribution < 1.29 is 9.53 Å². The van der Waals surface area contributed by atoms with E-state index < -0.39 is 0 Å². The summed E-state index contributed by atoms with van der Waals surface area (Å²) in [5.41, 5.74) is 0. The largest absolute Gasteiger partial charge is 0.468 e. The van der Waals surface area contributed by atoms with Gasteiger partial charge in [0, 0.05) is 0 Å². The Balaban J connectivity index is 2.06. The quantitative estimate of drug-likeness (QED) is 0.723. The van der Waals surface area contributed by atoms with E-state index in [1.54, 1.807) is 23.1 Å². The third-order valence-corrected chi connectivity index (χ3v) is 4.56. The molecule has 0 unspecified atom stereocenters. The molecule has 0 N–H and O–H groups in total. The number of carbonyl (C=O) groups is 1. The number of methoxy groups -OCH3 is 1. The molecule has 1 aromatic rings. The summed E-state index contributed by atoms with van der Waals surface area (Å²) in [6, 6.07) is 4.04. The molecule has 0 radical (unpaired) electrons. The van der Waals surface area contributed by atoms with Crippen LogP contribution in [0, 0.1) is 0 Å². The molecule has 2 nitrogen and oxygen atoms in total. The Bertz CT molecular complexity index is 301. The van der Waals surface area contributed by atoms with Gasteiger partial charge < -0.3 is 4.74 Å². The van der Waals surface area contributed by atoms with E-state index >= 15 is 0 Å². The number of esters is 1. The maximum absolute atomic E-state index is 11.4. The van der Waals surface area contributed by atoms with Crippen LogP contribution in [0.3, 0.4) is 0 Å². The highest BCUT2D eigenvalue weighted by Crippen LogP contribution is 2.53. The van der Waals surface area contributed by atoms with E-state index in [0.717, 1.165) is 12.8 Å². The highest BCUT2D eigenvalue weighted by Gasteiger charge is 2.52. The molecule has 1 heterocycles. The van der Waals surface area contributed by atoms with Crippen LogP contribution in [-0.4, -0.2) is 17.8 Å². The van der Waals surface area contributed by atoms with Gasteiger partial charge in [0.05, 0.1) is 11.3 Å². The molecule has 4 heteroatoms. The Morgan fingerprint density at radius 1 is 1.69 bits per heavy atom. The first kappa shape index (κ1) is 9.09. The molecule has 0 aliphatic heterocycles. The second-order valence-electron chi connectivity index (χ2n) is 3.02. The second-order valence-corrected chi connectivity index (χ2v) is 5.65. The first-order chi connectivity index (χ1) is 6.27. The van der Waals surface area contributed by atoms with Crippen molar-refractivity contribution >= 4 is 29.1 Å². The van der Waals surface area contributed by atoms with Crippen molar-refractivity contribution in [3.8, 4) is 0 Å². The minimum absolute atomic E-state index is 0.0779. The van der Waals surface area contributed by atoms with E-state index in [4.69, 9.17) is 4.74 Å². The molecule has 0 spiro atoms. The van der Waals surface area contributed by atoms with Gasteiger partial charge in [0.1, 0.15) is 4.75 Å². The van der Waals surface area contributed by atoms with Gasteiger partial charge in [-0.3, -0.25) is 4.79 Å². The second kappa shape index (κ2) is 3.35. The summed E-state index contributed by atoms with van der Waals surface area (Å²) in [5, 5.41) is 2.02. The lowest BCUT2D eigenvalue weighted by molar-refractivity contribution is -0.140. The molecule has 1 fully saturated rings. The molecule has 1 saturated carbocycles. The number of hydrogen-bond donors (Lipinski definition) is 0. The van der Waals surface area contributed by atoms with E-state index in [0.29, 0.717) is 0 Å². The van der Waals surface area contributed by atoms with Gasteiger partial charge in [-0.25, -0.2) is 0 Å². The van der Waals surface area contributed by atoms with E-state index in [2.05, 4.69) is 0 Å². The van der Waals surface area contributed by atoms with Gasteiger partial charge in [0.25, 0.3) is 0 Å². The van der Waals surface area contributed by atoms with Gasteiger partial charge in [-0.15, -0.1) is 11.3 Å². The van der Waals surface area contributed by atoms with Crippen LogP contribution in [0.25, 0.3) is 0 Å². The third kappa shape index (κ3) is 1.74. The predicted octanol–water partition coefficient (Wildman–Crippen LogP) is 2.55. The SMILES string of the molecule is COC(=O)C1(Sc2cccs2)CC1. The summed E-state index contributed by atoms with van der Waals surface area (Å²) in [4.78, 5) is 11.4. The lowest BCUT2D eigenvalue weighted by Crippen LogP contribution is -2.19. The molecule has 0 bridgehead atoms. The van der Waals surface area contributed by atoms with Crippen molar-refractivity contribution in [2.24, 2.45) is 0 Å². The monoisotopic (exact) mass is 214 g/mol. The topological polar surface area (TPSA) is 26.3 Å². The van der Waals surface area contributed by atoms with Crippen molar-refractivity contribution in [1.29, 1.82) is 0 Å². The van der Waals surface area contributed by atoms with Gasteiger partial charge in [-0.05, 0) is 24.3 Å². The van der Waals surface area contributed by atoms with E-state index in [-0.39, 0.29) is 10.7 Å². The summed E-state index contributed by atoms with van der Waals surface area (Å²) < 4.78 is 5.72. The highest BCUT2D eigenvalue weighted by atomic mass is 32.2. The maximum atomic E-state index is 11.4. The average Bonchev–Trinajstić information content (AvgIpc) is 2.73. The van der Waals surface area contributed by atoms with Crippen LogP contribution < -0.4 is 0 Å². The molecule has 1 aromatic heterocycles. The minimum atomic E-state index is -0.250. The summed E-state index contributed by atoms with van der Waals surface area (Å²) in [6.45, 7) is 0. The Kier molecular flexibility index (Phi) is 2.34. The number of thioether (sulfide) groups is 1. The normalized spacial score (nSPS) is 18.2. The molecular formula is C9H10O2S2. The van der Waals surface area contributed by atoms with Crippen molar-refractivity contribution in [1.82, 2.24) is 0 Å². The zero-order chi connectivity index (χ0) is 9.31. The smallest absolute Gasteiger partial charge is 0.322 e. The van der Waals surface area contributed by atoms with Gasteiger partial charge in [-0.1, -0.05) is 17.8 Å². The van der Waals surface area contributed by atoms with Gasteiger partial charge >= 0.3 is 5.97 Å². The molecule has 70 valence electrons. The zero-order valence-electron chi connectivity index (χ0n) is 7.28. The summed E-state index contributed by atoms with van der Waals surface area (Å²) >= 11 is 3.31. The van der Waals surface area contributed by atoms with Crippen molar-refractivity contribution in [2.45, 2.75) is 21.8 Å². The molecule has 0 atom stereocenters. The summed E-state index contributed by atoms with van der Waals surface area (Å²) in [7, 11) is 1.46. The maximum Gasteiger partial charge on any atom is 0.322 e. The minimum Gasteiger partial charge on any atom is -0.468 e. The number of rotatable bonds is 3. The predicted molar refractivity (Wildman–Crippen MR) is 54.2 cm³/mol. The Morgan fingerprint density at radius 3 is 2.92 bits per heavy atom. The van der Waals surface area contributed by atoms with Gasteiger partial charge in [0.2, 0.25) is 0 Å². The Morgan fingerprint density at radius 2 is 2.46 bits per heavy atom. The highest BCUT2D eigenvalue weighted by molar-refractivity contribution is 8.03.